The van der Waals surface area contributed by atoms with Gasteiger partial charge in [0.25, 0.3) is 5.91 Å². The fourth-order valence-corrected chi connectivity index (χ4v) is 6.02. The molecule has 0 unspecified atom stereocenters. The topological polar surface area (TPSA) is 82.6 Å². The zero-order chi connectivity index (χ0) is 23.6. The van der Waals surface area contributed by atoms with Crippen LogP contribution in [0.15, 0.2) is 41.3 Å². The highest BCUT2D eigenvalue weighted by atomic mass is 35.5. The number of hydrogen-bond acceptors (Lipinski definition) is 7. The van der Waals surface area contributed by atoms with Crippen molar-refractivity contribution in [2.45, 2.75) is 25.7 Å². The number of piperazine rings is 1. The first kappa shape index (κ1) is 26.4. The third-order valence-electron chi connectivity index (χ3n) is 6.02. The van der Waals surface area contributed by atoms with Crippen molar-refractivity contribution in [3.05, 3.63) is 53.1 Å². The first-order valence-corrected chi connectivity index (χ1v) is 13.7. The number of sulfone groups is 1. The van der Waals surface area contributed by atoms with Crippen LogP contribution >= 0.6 is 23.7 Å². The first-order valence-electron chi connectivity index (χ1n) is 11.2. The second-order valence-corrected chi connectivity index (χ2v) is 11.7. The van der Waals surface area contributed by atoms with Gasteiger partial charge >= 0.3 is 0 Å². The van der Waals surface area contributed by atoms with Gasteiger partial charge in [-0.25, -0.2) is 13.4 Å². The highest BCUT2D eigenvalue weighted by Gasteiger charge is 2.20. The number of aromatic nitrogens is 1. The van der Waals surface area contributed by atoms with Crippen LogP contribution in [0, 0.1) is 13.8 Å². The monoisotopic (exact) mass is 522 g/mol. The Hall–Kier alpha value is -2.20. The Morgan fingerprint density at radius 1 is 1.09 bits per heavy atom. The van der Waals surface area contributed by atoms with Gasteiger partial charge in [-0.3, -0.25) is 9.69 Å². The molecule has 0 aliphatic carbocycles. The Morgan fingerprint density at radius 3 is 2.41 bits per heavy atom. The van der Waals surface area contributed by atoms with E-state index in [0.717, 1.165) is 43.4 Å². The Labute approximate surface area is 211 Å². The number of thiazole rings is 1. The molecule has 0 atom stereocenters. The SMILES string of the molecule is CCS(=O)(=O)c1ccc(C(=O)NCCN2CCN(c3nc4cc(C)cc(C)c4s3)CC2)cc1.Cl. The van der Waals surface area contributed by atoms with Crippen LogP contribution in [0.5, 0.6) is 0 Å². The Kier molecular flexibility index (Phi) is 8.57. The van der Waals surface area contributed by atoms with Gasteiger partial charge in [0.2, 0.25) is 0 Å². The van der Waals surface area contributed by atoms with Crippen molar-refractivity contribution < 1.29 is 13.2 Å². The van der Waals surface area contributed by atoms with Crippen LogP contribution in [0.2, 0.25) is 0 Å². The summed E-state index contributed by atoms with van der Waals surface area (Å²) >= 11 is 1.77. The fraction of sp³-hybridized carbons (Fsp3) is 0.417. The van der Waals surface area contributed by atoms with E-state index in [2.05, 4.69) is 41.1 Å². The van der Waals surface area contributed by atoms with Gasteiger partial charge in [-0.15, -0.1) is 12.4 Å². The Bertz CT molecular complexity index is 1250. The number of carbonyl (C=O) groups excluding carboxylic acids is 1. The number of benzene rings is 2. The van der Waals surface area contributed by atoms with Crippen LogP contribution in [0.25, 0.3) is 10.2 Å². The maximum atomic E-state index is 12.4. The van der Waals surface area contributed by atoms with Crippen LogP contribution in [0.3, 0.4) is 0 Å². The summed E-state index contributed by atoms with van der Waals surface area (Å²) in [6, 6.07) is 10.5. The number of halogens is 1. The molecule has 0 radical (unpaired) electrons. The van der Waals surface area contributed by atoms with Gasteiger partial charge in [-0.2, -0.15) is 0 Å². The minimum atomic E-state index is -3.25. The zero-order valence-electron chi connectivity index (χ0n) is 19.7. The average molecular weight is 523 g/mol. The largest absolute Gasteiger partial charge is 0.351 e. The van der Waals surface area contributed by atoms with Crippen molar-refractivity contribution in [2.75, 3.05) is 49.9 Å². The zero-order valence-corrected chi connectivity index (χ0v) is 22.2. The van der Waals surface area contributed by atoms with Crippen LogP contribution in [0.4, 0.5) is 5.13 Å². The lowest BCUT2D eigenvalue weighted by atomic mass is 10.1. The molecule has 10 heteroatoms. The molecule has 1 fully saturated rings. The van der Waals surface area contributed by atoms with Gasteiger partial charge in [-0.05, 0) is 55.3 Å². The molecule has 34 heavy (non-hydrogen) atoms. The molecule has 3 aromatic rings. The van der Waals surface area contributed by atoms with Gasteiger partial charge in [-0.1, -0.05) is 24.3 Å². The van der Waals surface area contributed by atoms with E-state index in [-0.39, 0.29) is 29.0 Å². The van der Waals surface area contributed by atoms with Gasteiger partial charge in [0.15, 0.2) is 15.0 Å². The number of carbonyl (C=O) groups is 1. The maximum Gasteiger partial charge on any atom is 0.251 e. The second kappa shape index (κ2) is 11.0. The molecule has 2 heterocycles. The summed E-state index contributed by atoms with van der Waals surface area (Å²) in [5.74, 6) is -0.140. The number of anilines is 1. The summed E-state index contributed by atoms with van der Waals surface area (Å²) in [6.07, 6.45) is 0. The molecular weight excluding hydrogens is 492 g/mol. The fourth-order valence-electron chi connectivity index (χ4n) is 4.07. The highest BCUT2D eigenvalue weighted by Crippen LogP contribution is 2.32. The predicted octanol–water partition coefficient (Wildman–Crippen LogP) is 3.68. The molecule has 4 rings (SSSR count). The lowest BCUT2D eigenvalue weighted by Crippen LogP contribution is -2.48. The van der Waals surface area contributed by atoms with Gasteiger partial charge in [0, 0.05) is 44.8 Å². The number of rotatable bonds is 7. The quantitative estimate of drug-likeness (QED) is 0.509. The van der Waals surface area contributed by atoms with Crippen molar-refractivity contribution in [1.82, 2.24) is 15.2 Å². The van der Waals surface area contributed by atoms with E-state index in [0.29, 0.717) is 12.1 Å². The molecule has 0 bridgehead atoms. The molecule has 1 aliphatic rings. The normalized spacial score (nSPS) is 14.7. The maximum absolute atomic E-state index is 12.4. The first-order chi connectivity index (χ1) is 15.8. The number of nitrogens with zero attached hydrogens (tertiary/aromatic N) is 3. The van der Waals surface area contributed by atoms with E-state index in [1.807, 2.05) is 0 Å². The van der Waals surface area contributed by atoms with E-state index >= 15 is 0 Å². The van der Waals surface area contributed by atoms with E-state index in [1.165, 1.54) is 28.0 Å². The minimum Gasteiger partial charge on any atom is -0.351 e. The van der Waals surface area contributed by atoms with Crippen LogP contribution in [0.1, 0.15) is 28.4 Å². The minimum absolute atomic E-state index is 0. The molecule has 1 N–H and O–H groups in total. The average Bonchev–Trinajstić information content (AvgIpc) is 3.24. The molecule has 184 valence electrons. The van der Waals surface area contributed by atoms with E-state index in [1.54, 1.807) is 30.4 Å². The van der Waals surface area contributed by atoms with Crippen molar-refractivity contribution in [3.63, 3.8) is 0 Å². The van der Waals surface area contributed by atoms with Crippen molar-refractivity contribution >= 4 is 54.8 Å². The number of hydrogen-bond donors (Lipinski definition) is 1. The lowest BCUT2D eigenvalue weighted by molar-refractivity contribution is 0.0947. The molecule has 1 aromatic heterocycles. The summed E-state index contributed by atoms with van der Waals surface area (Å²) in [7, 11) is -3.25. The van der Waals surface area contributed by atoms with Crippen molar-refractivity contribution in [3.8, 4) is 0 Å². The molecule has 1 amide bonds. The highest BCUT2D eigenvalue weighted by molar-refractivity contribution is 7.91. The van der Waals surface area contributed by atoms with Gasteiger partial charge < -0.3 is 10.2 Å². The summed E-state index contributed by atoms with van der Waals surface area (Å²) < 4.78 is 25.1. The third kappa shape index (κ3) is 5.89. The molecule has 0 saturated carbocycles. The van der Waals surface area contributed by atoms with E-state index in [9.17, 15) is 13.2 Å². The van der Waals surface area contributed by atoms with E-state index < -0.39 is 9.84 Å². The molecule has 1 saturated heterocycles. The summed E-state index contributed by atoms with van der Waals surface area (Å²) in [6.45, 7) is 10.9. The van der Waals surface area contributed by atoms with Crippen molar-refractivity contribution in [2.24, 2.45) is 0 Å². The van der Waals surface area contributed by atoms with Crippen molar-refractivity contribution in [1.29, 1.82) is 0 Å². The second-order valence-electron chi connectivity index (χ2n) is 8.44. The van der Waals surface area contributed by atoms with Gasteiger partial charge in [0.05, 0.1) is 20.9 Å². The predicted molar refractivity (Wildman–Crippen MR) is 141 cm³/mol. The summed E-state index contributed by atoms with van der Waals surface area (Å²) in [4.78, 5) is 22.2. The molecule has 2 aromatic carbocycles. The third-order valence-corrected chi connectivity index (χ3v) is 9.04. The number of amides is 1. The Morgan fingerprint density at radius 2 is 1.76 bits per heavy atom. The number of fused-ring (bicyclic) bond motifs is 1. The lowest BCUT2D eigenvalue weighted by Gasteiger charge is -2.34. The smallest absolute Gasteiger partial charge is 0.251 e. The van der Waals surface area contributed by atoms with Crippen LogP contribution in [-0.2, 0) is 9.84 Å². The van der Waals surface area contributed by atoms with Gasteiger partial charge in [0.1, 0.15) is 0 Å². The summed E-state index contributed by atoms with van der Waals surface area (Å²) in [5.41, 5.74) is 4.07. The number of aryl methyl sites for hydroxylation is 2. The molecular formula is C24H31ClN4O3S2. The standard InChI is InChI=1S/C24H30N4O3S2.ClH/c1-4-33(30,31)20-7-5-19(6-8-20)23(29)25-9-10-27-11-13-28(14-12-27)24-26-21-16-17(2)15-18(3)22(21)32-24;/h5-8,15-16H,4,9-14H2,1-3H3,(H,25,29);1H. The van der Waals surface area contributed by atoms with Crippen LogP contribution in [-0.4, -0.2) is 69.2 Å². The number of nitrogens with one attached hydrogen (secondary N) is 1. The van der Waals surface area contributed by atoms with Crippen LogP contribution < -0.4 is 10.2 Å². The van der Waals surface area contributed by atoms with E-state index in [4.69, 9.17) is 4.98 Å². The summed E-state index contributed by atoms with van der Waals surface area (Å²) in [5, 5.41) is 4.02. The molecule has 0 spiro atoms. The molecule has 1 aliphatic heterocycles. The Balaban J connectivity index is 0.00000324. The molecule has 7 nitrogen and oxygen atoms in total.